The molecule has 0 aliphatic heterocycles. The van der Waals surface area contributed by atoms with Crippen LogP contribution in [0.4, 0.5) is 0 Å². The molecule has 2 fully saturated rings. The maximum Gasteiger partial charge on any atom is 0.279 e. The molecule has 0 saturated heterocycles. The van der Waals surface area contributed by atoms with Gasteiger partial charge in [-0.15, -0.1) is 0 Å². The monoisotopic (exact) mass is 317 g/mol. The van der Waals surface area contributed by atoms with Crippen molar-refractivity contribution in [3.8, 4) is 0 Å². The molecule has 2 atom stereocenters. The highest BCUT2D eigenvalue weighted by atomic mass is 32.2. The van der Waals surface area contributed by atoms with Gasteiger partial charge in [0, 0.05) is 25.7 Å². The van der Waals surface area contributed by atoms with Gasteiger partial charge in [-0.2, -0.15) is 17.4 Å². The van der Waals surface area contributed by atoms with Crippen LogP contribution in [0.15, 0.2) is 0 Å². The first-order valence-electron chi connectivity index (χ1n) is 8.34. The van der Waals surface area contributed by atoms with E-state index in [-0.39, 0.29) is 6.04 Å². The van der Waals surface area contributed by atoms with E-state index in [4.69, 9.17) is 0 Å². The molecule has 0 amide bonds. The highest BCUT2D eigenvalue weighted by Gasteiger charge is 2.29. The molecular weight excluding hydrogens is 286 g/mol. The van der Waals surface area contributed by atoms with Crippen molar-refractivity contribution >= 4 is 10.2 Å². The fourth-order valence-corrected chi connectivity index (χ4v) is 4.52. The summed E-state index contributed by atoms with van der Waals surface area (Å²) >= 11 is 0. The maximum atomic E-state index is 12.3. The Morgan fingerprint density at radius 1 is 1.05 bits per heavy atom. The van der Waals surface area contributed by atoms with Crippen LogP contribution >= 0.6 is 0 Å². The molecule has 2 N–H and O–H groups in total. The van der Waals surface area contributed by atoms with Crippen LogP contribution in [0.2, 0.25) is 0 Å². The van der Waals surface area contributed by atoms with Crippen molar-refractivity contribution in [1.29, 1.82) is 0 Å². The standard InChI is InChI=1S/C15H31N3O2S/c1-12-9-13(2)11-15(10-12)17-21(19,20)18(3)8-4-7-16-14-5-6-14/h12-17H,4-11H2,1-3H3. The summed E-state index contributed by atoms with van der Waals surface area (Å²) in [5, 5.41) is 3.41. The van der Waals surface area contributed by atoms with Crippen LogP contribution in [-0.4, -0.2) is 44.9 Å². The molecule has 0 radical (unpaired) electrons. The molecule has 0 aromatic heterocycles. The zero-order chi connectivity index (χ0) is 15.5. The summed E-state index contributed by atoms with van der Waals surface area (Å²) in [5.74, 6) is 1.21. The Kier molecular flexibility index (Phi) is 6.05. The number of nitrogens with zero attached hydrogens (tertiary/aromatic N) is 1. The third kappa shape index (κ3) is 5.85. The van der Waals surface area contributed by atoms with E-state index in [1.54, 1.807) is 7.05 Å². The summed E-state index contributed by atoms with van der Waals surface area (Å²) in [4.78, 5) is 0. The van der Waals surface area contributed by atoms with Crippen molar-refractivity contribution in [2.45, 2.75) is 64.5 Å². The van der Waals surface area contributed by atoms with E-state index in [9.17, 15) is 8.42 Å². The average molecular weight is 317 g/mol. The van der Waals surface area contributed by atoms with Gasteiger partial charge in [0.25, 0.3) is 10.2 Å². The predicted molar refractivity (Wildman–Crippen MR) is 86.3 cm³/mol. The molecule has 2 saturated carbocycles. The maximum absolute atomic E-state index is 12.3. The van der Waals surface area contributed by atoms with Crippen molar-refractivity contribution in [3.63, 3.8) is 0 Å². The van der Waals surface area contributed by atoms with E-state index in [2.05, 4.69) is 23.9 Å². The van der Waals surface area contributed by atoms with Crippen molar-refractivity contribution in [3.05, 3.63) is 0 Å². The molecule has 0 spiro atoms. The average Bonchev–Trinajstić information content (AvgIpc) is 3.16. The molecule has 21 heavy (non-hydrogen) atoms. The van der Waals surface area contributed by atoms with Gasteiger partial charge in [0.1, 0.15) is 0 Å². The number of hydrogen-bond acceptors (Lipinski definition) is 3. The second-order valence-corrected chi connectivity index (χ2v) is 8.95. The minimum Gasteiger partial charge on any atom is -0.314 e. The molecule has 0 heterocycles. The van der Waals surface area contributed by atoms with E-state index in [0.29, 0.717) is 24.4 Å². The minimum atomic E-state index is -3.34. The summed E-state index contributed by atoms with van der Waals surface area (Å²) in [6, 6.07) is 0.788. The van der Waals surface area contributed by atoms with Crippen LogP contribution in [0.5, 0.6) is 0 Å². The zero-order valence-corrected chi connectivity index (χ0v) is 14.5. The Hall–Kier alpha value is -0.170. The lowest BCUT2D eigenvalue weighted by atomic mass is 9.81. The number of hydrogen-bond donors (Lipinski definition) is 2. The van der Waals surface area contributed by atoms with Crippen LogP contribution in [-0.2, 0) is 10.2 Å². The van der Waals surface area contributed by atoms with Crippen molar-refractivity contribution < 1.29 is 8.42 Å². The number of nitrogens with one attached hydrogen (secondary N) is 2. The fourth-order valence-electron chi connectivity index (χ4n) is 3.36. The molecule has 0 aromatic rings. The molecule has 124 valence electrons. The van der Waals surface area contributed by atoms with E-state index >= 15 is 0 Å². The first-order valence-corrected chi connectivity index (χ1v) is 9.78. The van der Waals surface area contributed by atoms with Gasteiger partial charge in [-0.1, -0.05) is 13.8 Å². The van der Waals surface area contributed by atoms with E-state index in [0.717, 1.165) is 25.8 Å². The number of rotatable bonds is 8. The predicted octanol–water partition coefficient (Wildman–Crippen LogP) is 1.72. The van der Waals surface area contributed by atoms with E-state index in [1.807, 2.05) is 0 Å². The molecule has 2 aliphatic rings. The van der Waals surface area contributed by atoms with Gasteiger partial charge in [0.2, 0.25) is 0 Å². The van der Waals surface area contributed by atoms with Crippen molar-refractivity contribution in [2.24, 2.45) is 11.8 Å². The van der Waals surface area contributed by atoms with Crippen LogP contribution in [0.25, 0.3) is 0 Å². The van der Waals surface area contributed by atoms with Gasteiger partial charge in [-0.25, -0.2) is 0 Å². The Bertz CT molecular complexity index is 413. The third-order valence-corrected chi connectivity index (χ3v) is 6.20. The lowest BCUT2D eigenvalue weighted by Crippen LogP contribution is -2.46. The van der Waals surface area contributed by atoms with E-state index in [1.165, 1.54) is 23.6 Å². The van der Waals surface area contributed by atoms with Gasteiger partial charge in [-0.05, 0) is 56.9 Å². The fraction of sp³-hybridized carbons (Fsp3) is 1.00. The zero-order valence-electron chi connectivity index (χ0n) is 13.6. The molecule has 5 nitrogen and oxygen atoms in total. The minimum absolute atomic E-state index is 0.0980. The Morgan fingerprint density at radius 2 is 1.67 bits per heavy atom. The molecule has 2 unspecified atom stereocenters. The first kappa shape index (κ1) is 17.2. The topological polar surface area (TPSA) is 61.4 Å². The molecule has 2 rings (SSSR count). The lowest BCUT2D eigenvalue weighted by Gasteiger charge is -2.32. The molecule has 0 bridgehead atoms. The molecule has 2 aliphatic carbocycles. The Morgan fingerprint density at radius 3 is 2.24 bits per heavy atom. The SMILES string of the molecule is CC1CC(C)CC(NS(=O)(=O)N(C)CCCNC2CC2)C1. The highest BCUT2D eigenvalue weighted by molar-refractivity contribution is 7.87. The Labute approximate surface area is 130 Å². The molecular formula is C15H31N3O2S. The summed E-state index contributed by atoms with van der Waals surface area (Å²) in [6.07, 6.45) is 6.54. The smallest absolute Gasteiger partial charge is 0.279 e. The van der Waals surface area contributed by atoms with Crippen molar-refractivity contribution in [1.82, 2.24) is 14.3 Å². The normalized spacial score (nSPS) is 30.8. The lowest BCUT2D eigenvalue weighted by molar-refractivity contribution is 0.255. The molecule has 0 aromatic carbocycles. The summed E-state index contributed by atoms with van der Waals surface area (Å²) < 4.78 is 29.1. The largest absolute Gasteiger partial charge is 0.314 e. The van der Waals surface area contributed by atoms with Crippen LogP contribution in [0.3, 0.4) is 0 Å². The van der Waals surface area contributed by atoms with Crippen LogP contribution < -0.4 is 10.0 Å². The Balaban J connectivity index is 1.73. The van der Waals surface area contributed by atoms with Crippen LogP contribution in [0.1, 0.15) is 52.4 Å². The third-order valence-electron chi connectivity index (χ3n) is 4.56. The second kappa shape index (κ2) is 7.40. The van der Waals surface area contributed by atoms with Gasteiger partial charge in [0.15, 0.2) is 0 Å². The highest BCUT2D eigenvalue weighted by Crippen LogP contribution is 2.29. The summed E-state index contributed by atoms with van der Waals surface area (Å²) in [7, 11) is -1.66. The summed E-state index contributed by atoms with van der Waals surface area (Å²) in [5.41, 5.74) is 0. The van der Waals surface area contributed by atoms with Gasteiger partial charge in [0.05, 0.1) is 0 Å². The second-order valence-electron chi connectivity index (χ2n) is 7.14. The van der Waals surface area contributed by atoms with Crippen LogP contribution in [0, 0.1) is 11.8 Å². The molecule has 6 heteroatoms. The van der Waals surface area contributed by atoms with Gasteiger partial charge in [-0.3, -0.25) is 0 Å². The first-order chi connectivity index (χ1) is 9.87. The van der Waals surface area contributed by atoms with Crippen molar-refractivity contribution in [2.75, 3.05) is 20.1 Å². The van der Waals surface area contributed by atoms with E-state index < -0.39 is 10.2 Å². The van der Waals surface area contributed by atoms with Gasteiger partial charge >= 0.3 is 0 Å². The summed E-state index contributed by atoms with van der Waals surface area (Å²) in [6.45, 7) is 5.91. The van der Waals surface area contributed by atoms with Gasteiger partial charge < -0.3 is 5.32 Å². The quantitative estimate of drug-likeness (QED) is 0.670.